The first-order chi connectivity index (χ1) is 18.9. The molecule has 0 aliphatic heterocycles. The van der Waals surface area contributed by atoms with E-state index in [2.05, 4.69) is 24.2 Å². The van der Waals surface area contributed by atoms with Crippen LogP contribution in [0.2, 0.25) is 0 Å². The van der Waals surface area contributed by atoms with Crippen LogP contribution in [0, 0.1) is 0 Å². The molecule has 0 unspecified atom stereocenters. The second-order valence-electron chi connectivity index (χ2n) is 9.68. The molecule has 0 bridgehead atoms. The summed E-state index contributed by atoms with van der Waals surface area (Å²) in [5, 5.41) is 13.8. The van der Waals surface area contributed by atoms with Crippen LogP contribution >= 0.6 is 0 Å². The van der Waals surface area contributed by atoms with E-state index >= 15 is 0 Å². The van der Waals surface area contributed by atoms with Crippen LogP contribution in [0.25, 0.3) is 0 Å². The summed E-state index contributed by atoms with van der Waals surface area (Å²) >= 11 is 0. The zero-order valence-electron chi connectivity index (χ0n) is 25.2. The van der Waals surface area contributed by atoms with E-state index in [-0.39, 0.29) is 81.2 Å². The number of carbonyl (C=O) groups is 1. The van der Waals surface area contributed by atoms with Crippen molar-refractivity contribution in [3.8, 4) is 0 Å². The zero-order valence-corrected chi connectivity index (χ0v) is 29.1. The van der Waals surface area contributed by atoms with E-state index in [1.54, 1.807) is 6.08 Å². The fourth-order valence-electron chi connectivity index (χ4n) is 3.47. The maximum Gasteiger partial charge on any atom is 2.00 e. The van der Waals surface area contributed by atoms with Gasteiger partial charge in [0.15, 0.2) is 0 Å². The molecule has 236 valence electrons. The fraction of sp³-hybridized carbons (Fsp3) is 0.786. The van der Waals surface area contributed by atoms with E-state index in [1.165, 1.54) is 76.4 Å². The van der Waals surface area contributed by atoms with Crippen LogP contribution in [-0.4, -0.2) is 100 Å². The van der Waals surface area contributed by atoms with E-state index in [4.69, 9.17) is 4.55 Å². The fourth-order valence-corrected chi connectivity index (χ4v) is 4.46. The van der Waals surface area contributed by atoms with Crippen LogP contribution in [0.1, 0.15) is 117 Å². The smallest absolute Gasteiger partial charge is 0.859 e. The molecular weight excluding hydrogens is 597 g/mol. The third-order valence-corrected chi connectivity index (χ3v) is 7.27. The predicted molar refractivity (Wildman–Crippen MR) is 166 cm³/mol. The first-order valence-electron chi connectivity index (χ1n) is 14.6. The number of carbonyl (C=O) groups excluding carboxylic acids is 1. The van der Waals surface area contributed by atoms with Gasteiger partial charge >= 0.3 is 37.7 Å². The van der Waals surface area contributed by atoms with Crippen LogP contribution in [0.3, 0.4) is 0 Å². The molecule has 1 amide bonds. The van der Waals surface area contributed by atoms with Gasteiger partial charge in [-0.05, 0) is 50.5 Å². The molecule has 0 heterocycles. The van der Waals surface area contributed by atoms with E-state index in [9.17, 15) is 31.3 Å². The van der Waals surface area contributed by atoms with Crippen molar-refractivity contribution in [1.29, 1.82) is 0 Å². The second-order valence-corrected chi connectivity index (χ2v) is 12.8. The SMILES string of the molecule is CCCCCCCC/C=C/C(=O)NCCCS(=O)(=O)O.CCCCCCCC/C=C/C([O-])=NCCCS(=O)(=O)[O-].[Ca+2]. The van der Waals surface area contributed by atoms with Crippen molar-refractivity contribution in [2.24, 2.45) is 4.99 Å². The molecule has 0 fully saturated rings. The monoisotopic (exact) mass is 648 g/mol. The summed E-state index contributed by atoms with van der Waals surface area (Å²) in [6.45, 7) is 4.71. The minimum atomic E-state index is -4.20. The Morgan fingerprint density at radius 1 is 0.756 bits per heavy atom. The number of rotatable bonds is 24. The van der Waals surface area contributed by atoms with Gasteiger partial charge in [0.05, 0.1) is 15.9 Å². The first-order valence-corrected chi connectivity index (χ1v) is 17.8. The van der Waals surface area contributed by atoms with E-state index in [0.29, 0.717) is 0 Å². The maximum atomic E-state index is 11.3. The molecule has 41 heavy (non-hydrogen) atoms. The quantitative estimate of drug-likeness (QED) is 0.0389. The number of amides is 1. The number of nitrogens with zero attached hydrogens (tertiary/aromatic N) is 1. The molecule has 2 N–H and O–H groups in total. The van der Waals surface area contributed by atoms with Gasteiger partial charge in [-0.3, -0.25) is 9.35 Å². The summed E-state index contributed by atoms with van der Waals surface area (Å²) < 4.78 is 60.3. The molecule has 13 heteroatoms. The Hall–Kier alpha value is -0.500. The third kappa shape index (κ3) is 44.1. The Kier molecular flexibility index (Phi) is 33.9. The van der Waals surface area contributed by atoms with Crippen LogP contribution in [0.4, 0.5) is 0 Å². The number of hydrogen-bond donors (Lipinski definition) is 2. The minimum Gasteiger partial charge on any atom is -0.859 e. The molecule has 0 radical (unpaired) electrons. The Balaban J connectivity index is -0.000000688. The number of aliphatic imine (C=N–C) groups is 1. The number of hydrogen-bond acceptors (Lipinski definition) is 8. The van der Waals surface area contributed by atoms with E-state index < -0.39 is 26.0 Å². The van der Waals surface area contributed by atoms with Crippen LogP contribution in [0.15, 0.2) is 29.3 Å². The van der Waals surface area contributed by atoms with Crippen molar-refractivity contribution < 1.29 is 35.8 Å². The molecule has 10 nitrogen and oxygen atoms in total. The standard InChI is InChI=1S/2C14H27NO4S.Ca/c2*1-2-3-4-5-6-7-8-9-11-14(16)15-12-10-13-20(17,18)19;/h2*9,11H,2-8,10,12-13H2,1H3,(H,15,16)(H,17,18,19);/q;;+2/p-2/b2*11-9+;. The van der Waals surface area contributed by atoms with Crippen molar-refractivity contribution in [1.82, 2.24) is 5.32 Å². The topological polar surface area (TPSA) is 176 Å². The van der Waals surface area contributed by atoms with Gasteiger partial charge in [-0.1, -0.05) is 96.3 Å². The summed E-state index contributed by atoms with van der Waals surface area (Å²) in [7, 11) is -8.12. The number of unbranched alkanes of at least 4 members (excludes halogenated alkanes) is 12. The van der Waals surface area contributed by atoms with Crippen LogP contribution in [-0.2, 0) is 25.0 Å². The molecule has 0 aliphatic rings. The Morgan fingerprint density at radius 3 is 1.73 bits per heavy atom. The van der Waals surface area contributed by atoms with Gasteiger partial charge in [0.1, 0.15) is 0 Å². The van der Waals surface area contributed by atoms with Gasteiger partial charge in [0.2, 0.25) is 5.91 Å². The Labute approximate surface area is 279 Å². The number of allylic oxidation sites excluding steroid dienone is 2. The van der Waals surface area contributed by atoms with Crippen molar-refractivity contribution >= 4 is 69.8 Å². The van der Waals surface area contributed by atoms with Gasteiger partial charge in [0, 0.05) is 18.8 Å². The Bertz CT molecular complexity index is 921. The molecule has 0 saturated heterocycles. The zero-order chi connectivity index (χ0) is 30.5. The molecule has 0 aromatic rings. The molecule has 0 atom stereocenters. The first kappa shape index (κ1) is 44.9. The molecule has 0 aromatic heterocycles. The molecule has 0 saturated carbocycles. The molecule has 0 rings (SSSR count). The Morgan fingerprint density at radius 2 is 1.24 bits per heavy atom. The second kappa shape index (κ2) is 30.9. The van der Waals surface area contributed by atoms with Gasteiger partial charge in [-0.25, -0.2) is 8.42 Å². The van der Waals surface area contributed by atoms with Gasteiger partial charge in [0.25, 0.3) is 10.1 Å². The van der Waals surface area contributed by atoms with Gasteiger partial charge in [-0.15, -0.1) is 0 Å². The van der Waals surface area contributed by atoms with Crippen molar-refractivity contribution in [3.63, 3.8) is 0 Å². The summed E-state index contributed by atoms with van der Waals surface area (Å²) in [6, 6.07) is 0. The summed E-state index contributed by atoms with van der Waals surface area (Å²) in [4.78, 5) is 15.0. The molecular formula is C28H52CaN2O8S2. The van der Waals surface area contributed by atoms with Gasteiger partial charge in [-0.2, -0.15) is 8.42 Å². The maximum absolute atomic E-state index is 11.3. The van der Waals surface area contributed by atoms with Crippen molar-refractivity contribution in [2.45, 2.75) is 117 Å². The van der Waals surface area contributed by atoms with Crippen LogP contribution in [0.5, 0.6) is 0 Å². The normalized spacial score (nSPS) is 12.2. The molecule has 0 aromatic carbocycles. The van der Waals surface area contributed by atoms with E-state index in [1.807, 2.05) is 6.08 Å². The van der Waals surface area contributed by atoms with Crippen LogP contribution < -0.4 is 10.4 Å². The van der Waals surface area contributed by atoms with E-state index in [0.717, 1.165) is 25.7 Å². The van der Waals surface area contributed by atoms with Crippen molar-refractivity contribution in [2.75, 3.05) is 24.6 Å². The predicted octanol–water partition coefficient (Wildman–Crippen LogP) is 4.29. The third-order valence-electron chi connectivity index (χ3n) is 5.68. The van der Waals surface area contributed by atoms with Crippen molar-refractivity contribution in [3.05, 3.63) is 24.3 Å². The largest absolute Gasteiger partial charge is 2.00 e. The molecule has 0 spiro atoms. The number of nitrogens with one attached hydrogen (secondary N) is 1. The average Bonchev–Trinajstić information content (AvgIpc) is 2.87. The minimum absolute atomic E-state index is 0. The summed E-state index contributed by atoms with van der Waals surface area (Å²) in [6.07, 6.45) is 23.3. The summed E-state index contributed by atoms with van der Waals surface area (Å²) in [5.41, 5.74) is 0. The molecule has 0 aliphatic carbocycles. The van der Waals surface area contributed by atoms with Gasteiger partial charge < -0.3 is 20.0 Å². The average molecular weight is 649 g/mol. The summed E-state index contributed by atoms with van der Waals surface area (Å²) in [5.74, 6) is -1.37.